The third kappa shape index (κ3) is 2.67. The molecule has 0 aliphatic carbocycles. The Morgan fingerprint density at radius 1 is 1.30 bits per heavy atom. The summed E-state index contributed by atoms with van der Waals surface area (Å²) < 4.78 is 11.2. The topological polar surface area (TPSA) is 108 Å². The quantitative estimate of drug-likeness (QED) is 0.853. The number of hydrogen-bond donors (Lipinski definition) is 2. The van der Waals surface area contributed by atoms with Crippen LogP contribution in [0.25, 0.3) is 0 Å². The summed E-state index contributed by atoms with van der Waals surface area (Å²) in [6, 6.07) is 7.60. The molecule has 3 aliphatic rings. The van der Waals surface area contributed by atoms with Crippen LogP contribution in [0.4, 0.5) is 0 Å². The standard InChI is InChI=1S/C15H17N5O2S/c16-14-20-12-13(23-14)18-8-19-15(12,17)9-1-3-10(4-2-9)22-11-5-6-21-7-11/h1-4,8,11,14H,5-7,16-17H2. The fourth-order valence-electron chi connectivity index (χ4n) is 2.76. The van der Waals surface area contributed by atoms with E-state index in [2.05, 4.69) is 15.0 Å². The lowest BCUT2D eigenvalue weighted by atomic mass is 9.95. The van der Waals surface area contributed by atoms with Crippen LogP contribution in [-0.4, -0.2) is 41.9 Å². The van der Waals surface area contributed by atoms with Gasteiger partial charge in [0, 0.05) is 12.0 Å². The summed E-state index contributed by atoms with van der Waals surface area (Å²) in [5.41, 5.74) is 12.4. The molecule has 3 atom stereocenters. The fourth-order valence-corrected chi connectivity index (χ4v) is 3.58. The van der Waals surface area contributed by atoms with Gasteiger partial charge in [-0.1, -0.05) is 23.9 Å². The molecule has 4 rings (SSSR count). The monoisotopic (exact) mass is 331 g/mol. The Labute approximate surface area is 137 Å². The fraction of sp³-hybridized carbons (Fsp3) is 0.400. The highest BCUT2D eigenvalue weighted by atomic mass is 32.2. The molecule has 0 spiro atoms. The molecule has 1 saturated heterocycles. The maximum Gasteiger partial charge on any atom is 0.180 e. The summed E-state index contributed by atoms with van der Waals surface area (Å²) in [4.78, 5) is 12.9. The predicted octanol–water partition coefficient (Wildman–Crippen LogP) is 0.836. The summed E-state index contributed by atoms with van der Waals surface area (Å²) in [5, 5.41) is 0.735. The number of benzene rings is 1. The molecule has 1 fully saturated rings. The first kappa shape index (κ1) is 14.8. The highest BCUT2D eigenvalue weighted by molar-refractivity contribution is 8.16. The molecule has 0 radical (unpaired) electrons. The highest BCUT2D eigenvalue weighted by Crippen LogP contribution is 2.34. The smallest absolute Gasteiger partial charge is 0.180 e. The molecule has 120 valence electrons. The second kappa shape index (κ2) is 5.72. The van der Waals surface area contributed by atoms with Crippen LogP contribution < -0.4 is 16.2 Å². The van der Waals surface area contributed by atoms with Gasteiger partial charge in [-0.15, -0.1) is 0 Å². The number of nitrogens with two attached hydrogens (primary N) is 2. The van der Waals surface area contributed by atoms with Gasteiger partial charge >= 0.3 is 0 Å². The number of ether oxygens (including phenoxy) is 2. The number of thioether (sulfide) groups is 1. The minimum Gasteiger partial charge on any atom is -0.488 e. The molecule has 0 saturated carbocycles. The molecule has 0 aromatic heterocycles. The molecule has 23 heavy (non-hydrogen) atoms. The van der Waals surface area contributed by atoms with Crippen molar-refractivity contribution in [2.45, 2.75) is 23.7 Å². The molecular weight excluding hydrogens is 314 g/mol. The average Bonchev–Trinajstić information content (AvgIpc) is 3.18. The van der Waals surface area contributed by atoms with Crippen molar-refractivity contribution in [1.82, 2.24) is 0 Å². The lowest BCUT2D eigenvalue weighted by molar-refractivity contribution is 0.141. The van der Waals surface area contributed by atoms with E-state index in [0.29, 0.717) is 12.3 Å². The van der Waals surface area contributed by atoms with Crippen molar-refractivity contribution in [2.24, 2.45) is 26.4 Å². The number of aliphatic imine (C=N–C) groups is 3. The van der Waals surface area contributed by atoms with Crippen molar-refractivity contribution in [3.8, 4) is 5.75 Å². The lowest BCUT2D eigenvalue weighted by Gasteiger charge is -2.27. The van der Waals surface area contributed by atoms with Gasteiger partial charge in [-0.05, 0) is 12.1 Å². The van der Waals surface area contributed by atoms with Crippen LogP contribution in [0.5, 0.6) is 5.75 Å². The molecule has 3 heterocycles. The summed E-state index contributed by atoms with van der Waals surface area (Å²) >= 11 is 1.39. The van der Waals surface area contributed by atoms with Gasteiger partial charge in [-0.2, -0.15) is 0 Å². The van der Waals surface area contributed by atoms with Gasteiger partial charge in [-0.25, -0.2) is 9.98 Å². The van der Waals surface area contributed by atoms with Crippen molar-refractivity contribution in [3.63, 3.8) is 0 Å². The van der Waals surface area contributed by atoms with Crippen LogP contribution in [0.15, 0.2) is 39.2 Å². The Balaban J connectivity index is 1.58. The Hall–Kier alpha value is -1.74. The summed E-state index contributed by atoms with van der Waals surface area (Å²) in [7, 11) is 0. The van der Waals surface area contributed by atoms with E-state index in [-0.39, 0.29) is 11.6 Å². The molecule has 0 amide bonds. The number of rotatable bonds is 3. The van der Waals surface area contributed by atoms with E-state index in [9.17, 15) is 0 Å². The zero-order valence-corrected chi connectivity index (χ0v) is 13.2. The van der Waals surface area contributed by atoms with E-state index in [1.54, 1.807) is 0 Å². The second-order valence-corrected chi connectivity index (χ2v) is 6.66. The van der Waals surface area contributed by atoms with E-state index in [1.807, 2.05) is 24.3 Å². The third-order valence-corrected chi connectivity index (χ3v) is 4.84. The van der Waals surface area contributed by atoms with E-state index in [1.165, 1.54) is 18.1 Å². The number of hydrogen-bond acceptors (Lipinski definition) is 8. The van der Waals surface area contributed by atoms with Gasteiger partial charge in [0.2, 0.25) is 0 Å². The van der Waals surface area contributed by atoms with Crippen molar-refractivity contribution < 1.29 is 9.47 Å². The van der Waals surface area contributed by atoms with Gasteiger partial charge in [-0.3, -0.25) is 10.7 Å². The minimum absolute atomic E-state index is 0.118. The molecule has 7 nitrogen and oxygen atoms in total. The first-order chi connectivity index (χ1) is 11.1. The first-order valence-electron chi connectivity index (χ1n) is 7.41. The number of fused-ring (bicyclic) bond motifs is 1. The van der Waals surface area contributed by atoms with Crippen molar-refractivity contribution in [1.29, 1.82) is 0 Å². The maximum atomic E-state index is 6.50. The minimum atomic E-state index is -1.05. The Kier molecular flexibility index (Phi) is 3.68. The SMILES string of the molecule is NC1N=C2C(=NC=NC2(N)c2ccc(OC3CCOC3)cc2)S1. The van der Waals surface area contributed by atoms with Gasteiger partial charge in [0.15, 0.2) is 11.2 Å². The molecule has 8 heteroatoms. The third-order valence-electron chi connectivity index (χ3n) is 3.97. The molecule has 0 bridgehead atoms. The second-order valence-electron chi connectivity index (χ2n) is 5.56. The zero-order chi connectivity index (χ0) is 15.9. The van der Waals surface area contributed by atoms with Crippen LogP contribution in [-0.2, 0) is 10.4 Å². The summed E-state index contributed by atoms with van der Waals surface area (Å²) in [6.45, 7) is 1.39. The lowest BCUT2D eigenvalue weighted by Crippen LogP contribution is -2.47. The van der Waals surface area contributed by atoms with Gasteiger partial charge in [0.25, 0.3) is 0 Å². The van der Waals surface area contributed by atoms with Gasteiger partial charge in [0.1, 0.15) is 28.9 Å². The Morgan fingerprint density at radius 3 is 2.87 bits per heavy atom. The van der Waals surface area contributed by atoms with Crippen molar-refractivity contribution in [3.05, 3.63) is 29.8 Å². The van der Waals surface area contributed by atoms with Crippen LogP contribution in [0.1, 0.15) is 12.0 Å². The molecule has 3 unspecified atom stereocenters. The van der Waals surface area contributed by atoms with Crippen molar-refractivity contribution in [2.75, 3.05) is 13.2 Å². The normalized spacial score (nSPS) is 32.4. The number of nitrogens with zero attached hydrogens (tertiary/aromatic N) is 3. The van der Waals surface area contributed by atoms with E-state index in [4.69, 9.17) is 20.9 Å². The molecule has 3 aliphatic heterocycles. The van der Waals surface area contributed by atoms with Gasteiger partial charge < -0.3 is 15.2 Å². The van der Waals surface area contributed by atoms with Crippen LogP contribution >= 0.6 is 11.8 Å². The van der Waals surface area contributed by atoms with Crippen LogP contribution in [0.3, 0.4) is 0 Å². The van der Waals surface area contributed by atoms with E-state index in [0.717, 1.165) is 29.4 Å². The van der Waals surface area contributed by atoms with E-state index < -0.39 is 5.66 Å². The average molecular weight is 331 g/mol. The van der Waals surface area contributed by atoms with Crippen LogP contribution in [0, 0.1) is 0 Å². The predicted molar refractivity (Wildman–Crippen MR) is 91.1 cm³/mol. The largest absolute Gasteiger partial charge is 0.488 e. The van der Waals surface area contributed by atoms with Gasteiger partial charge in [0.05, 0.1) is 13.2 Å². The molecule has 4 N–H and O–H groups in total. The molecular formula is C15H17N5O2S. The summed E-state index contributed by atoms with van der Waals surface area (Å²) in [6.07, 6.45) is 2.51. The zero-order valence-electron chi connectivity index (χ0n) is 12.4. The highest BCUT2D eigenvalue weighted by Gasteiger charge is 2.41. The summed E-state index contributed by atoms with van der Waals surface area (Å²) in [5.74, 6) is 0.793. The van der Waals surface area contributed by atoms with Crippen LogP contribution in [0.2, 0.25) is 0 Å². The van der Waals surface area contributed by atoms with Crippen molar-refractivity contribution >= 4 is 28.9 Å². The molecule has 1 aromatic rings. The Bertz CT molecular complexity index is 696. The first-order valence-corrected chi connectivity index (χ1v) is 8.29. The van der Waals surface area contributed by atoms with E-state index >= 15 is 0 Å². The Morgan fingerprint density at radius 2 is 2.13 bits per heavy atom. The molecule has 1 aromatic carbocycles. The maximum absolute atomic E-state index is 6.50.